The number of amides is 4. The Kier molecular flexibility index (Phi) is 9.54. The van der Waals surface area contributed by atoms with Crippen LogP contribution in [0.2, 0.25) is 0 Å². The summed E-state index contributed by atoms with van der Waals surface area (Å²) in [5.74, 6) is -3.73. The first-order chi connectivity index (χ1) is 24.1. The second kappa shape index (κ2) is 14.0. The molecule has 0 radical (unpaired) electrons. The molecule has 6 rings (SSSR count). The van der Waals surface area contributed by atoms with Gasteiger partial charge in [0.25, 0.3) is 17.7 Å². The Labute approximate surface area is 288 Å². The first-order valence-corrected chi connectivity index (χ1v) is 16.9. The molecule has 4 amide bonds. The van der Waals surface area contributed by atoms with E-state index in [1.165, 1.54) is 29.2 Å². The summed E-state index contributed by atoms with van der Waals surface area (Å²) >= 11 is 0. The van der Waals surface area contributed by atoms with Crippen molar-refractivity contribution in [3.05, 3.63) is 93.7 Å². The standard InChI is InChI=1S/C38H37N5O7/c1-4-22(5-2)43-37(49)23-16-17-24(33(45)20-12-10-11-13-20)31(30(23)38(43)50)41-42-32-34(46)25-18-27(39-29(44)6-3)28(19-26(25)35(32)47)40-36(48)21-14-8-7-9-15-21/h7-9,14-20,22,47H,4-6,10-13H2,1-3H3,(H,39,44)(H,40,48). The summed E-state index contributed by atoms with van der Waals surface area (Å²) in [7, 11) is 0. The number of rotatable bonds is 11. The van der Waals surface area contributed by atoms with E-state index in [-0.39, 0.29) is 75.0 Å². The summed E-state index contributed by atoms with van der Waals surface area (Å²) in [6.45, 7) is 5.41. The third-order valence-electron chi connectivity index (χ3n) is 9.59. The van der Waals surface area contributed by atoms with Crippen LogP contribution in [0, 0.1) is 5.92 Å². The van der Waals surface area contributed by atoms with Crippen molar-refractivity contribution in [1.29, 1.82) is 0 Å². The molecule has 1 heterocycles. The molecule has 256 valence electrons. The Morgan fingerprint density at radius 1 is 0.840 bits per heavy atom. The lowest BCUT2D eigenvalue weighted by Crippen LogP contribution is -2.39. The van der Waals surface area contributed by atoms with Crippen molar-refractivity contribution in [2.45, 2.75) is 71.8 Å². The number of carbonyl (C=O) groups excluding carboxylic acids is 6. The van der Waals surface area contributed by atoms with Gasteiger partial charge in [0.05, 0.1) is 22.5 Å². The van der Waals surface area contributed by atoms with Crippen molar-refractivity contribution < 1.29 is 33.9 Å². The molecule has 12 nitrogen and oxygen atoms in total. The molecule has 3 aromatic rings. The van der Waals surface area contributed by atoms with E-state index in [9.17, 15) is 33.9 Å². The summed E-state index contributed by atoms with van der Waals surface area (Å²) in [5, 5.41) is 25.2. The highest BCUT2D eigenvalue weighted by Gasteiger charge is 2.43. The van der Waals surface area contributed by atoms with E-state index in [1.54, 1.807) is 37.3 Å². The number of carbonyl (C=O) groups is 6. The van der Waals surface area contributed by atoms with E-state index in [0.29, 0.717) is 31.2 Å². The van der Waals surface area contributed by atoms with Gasteiger partial charge in [-0.2, -0.15) is 0 Å². The number of aliphatic hydroxyl groups excluding tert-OH is 1. The highest BCUT2D eigenvalue weighted by molar-refractivity contribution is 6.25. The second-order valence-corrected chi connectivity index (χ2v) is 12.6. The number of Topliss-reactive ketones (excluding diaryl/α,β-unsaturated/α-hetero) is 2. The zero-order valence-corrected chi connectivity index (χ0v) is 28.0. The molecular weight excluding hydrogens is 638 g/mol. The lowest BCUT2D eigenvalue weighted by atomic mass is 9.92. The van der Waals surface area contributed by atoms with Crippen molar-refractivity contribution in [3.63, 3.8) is 0 Å². The summed E-state index contributed by atoms with van der Waals surface area (Å²) in [5.41, 5.74) is 0.197. The van der Waals surface area contributed by atoms with E-state index in [1.807, 2.05) is 13.8 Å². The first kappa shape index (κ1) is 34.1. The number of nitrogens with zero attached hydrogens (tertiary/aromatic N) is 3. The lowest BCUT2D eigenvalue weighted by molar-refractivity contribution is -0.115. The maximum Gasteiger partial charge on any atom is 0.264 e. The van der Waals surface area contributed by atoms with Crippen molar-refractivity contribution in [2.24, 2.45) is 16.1 Å². The Bertz CT molecular complexity index is 2010. The highest BCUT2D eigenvalue weighted by Crippen LogP contribution is 2.42. The average Bonchev–Trinajstić information content (AvgIpc) is 3.81. The van der Waals surface area contributed by atoms with E-state index in [0.717, 1.165) is 12.8 Å². The van der Waals surface area contributed by atoms with Crippen LogP contribution in [-0.4, -0.2) is 51.2 Å². The van der Waals surface area contributed by atoms with Gasteiger partial charge in [-0.15, -0.1) is 10.2 Å². The van der Waals surface area contributed by atoms with Gasteiger partial charge in [0.15, 0.2) is 17.2 Å². The van der Waals surface area contributed by atoms with Crippen molar-refractivity contribution in [3.8, 4) is 0 Å². The predicted molar refractivity (Wildman–Crippen MR) is 186 cm³/mol. The Hall–Kier alpha value is -5.78. The van der Waals surface area contributed by atoms with Crippen molar-refractivity contribution in [2.75, 3.05) is 10.6 Å². The molecule has 0 unspecified atom stereocenters. The van der Waals surface area contributed by atoms with E-state index in [4.69, 9.17) is 0 Å². The van der Waals surface area contributed by atoms with Gasteiger partial charge in [-0.05, 0) is 62.1 Å². The van der Waals surface area contributed by atoms with Crippen LogP contribution in [-0.2, 0) is 4.79 Å². The van der Waals surface area contributed by atoms with E-state index in [2.05, 4.69) is 20.9 Å². The largest absolute Gasteiger partial charge is 0.505 e. The number of allylic oxidation sites excluding steroid dienone is 1. The zero-order valence-electron chi connectivity index (χ0n) is 28.0. The van der Waals surface area contributed by atoms with Gasteiger partial charge in [0.2, 0.25) is 11.7 Å². The fourth-order valence-corrected chi connectivity index (χ4v) is 6.79. The van der Waals surface area contributed by atoms with Crippen LogP contribution in [0.1, 0.15) is 123 Å². The second-order valence-electron chi connectivity index (χ2n) is 12.6. The van der Waals surface area contributed by atoms with Gasteiger partial charge >= 0.3 is 0 Å². The maximum absolute atomic E-state index is 13.9. The van der Waals surface area contributed by atoms with E-state index < -0.39 is 35.0 Å². The van der Waals surface area contributed by atoms with E-state index >= 15 is 0 Å². The summed E-state index contributed by atoms with van der Waals surface area (Å²) in [6.07, 6.45) is 4.33. The number of ketones is 2. The molecule has 0 aromatic heterocycles. The molecule has 3 aliphatic rings. The minimum absolute atomic E-state index is 0.00716. The Balaban J connectivity index is 1.43. The molecule has 3 N–H and O–H groups in total. The third-order valence-corrected chi connectivity index (χ3v) is 9.59. The topological polar surface area (TPSA) is 175 Å². The number of fused-ring (bicyclic) bond motifs is 2. The molecular formula is C38H37N5O7. The SMILES string of the molecule is CCC(=O)Nc1cc2c(cc1NC(=O)c1ccccc1)C(O)=C(N=Nc1c(C(=O)C3CCCC3)ccc3c1C(=O)N(C(CC)CC)C3=O)C2=O. The molecule has 1 saturated carbocycles. The fraction of sp³-hybridized carbons (Fsp3) is 0.316. The Morgan fingerprint density at radius 3 is 2.16 bits per heavy atom. The van der Waals surface area contributed by atoms with Crippen LogP contribution in [0.25, 0.3) is 5.76 Å². The maximum atomic E-state index is 13.9. The van der Waals surface area contributed by atoms with Gasteiger partial charge in [-0.1, -0.05) is 51.8 Å². The number of hydrogen-bond donors (Lipinski definition) is 3. The minimum Gasteiger partial charge on any atom is -0.505 e. The van der Waals surface area contributed by atoms with Gasteiger partial charge in [-0.3, -0.25) is 33.7 Å². The molecule has 1 fully saturated rings. The molecule has 2 aliphatic carbocycles. The van der Waals surface area contributed by atoms with Crippen molar-refractivity contribution in [1.82, 2.24) is 4.90 Å². The fourth-order valence-electron chi connectivity index (χ4n) is 6.79. The Morgan fingerprint density at radius 2 is 1.50 bits per heavy atom. The summed E-state index contributed by atoms with van der Waals surface area (Å²) < 4.78 is 0. The zero-order chi connectivity index (χ0) is 35.7. The van der Waals surface area contributed by atoms with Gasteiger partial charge in [-0.25, -0.2) is 0 Å². The highest BCUT2D eigenvalue weighted by atomic mass is 16.3. The molecule has 12 heteroatoms. The molecule has 0 spiro atoms. The monoisotopic (exact) mass is 675 g/mol. The molecule has 50 heavy (non-hydrogen) atoms. The van der Waals surface area contributed by atoms with Crippen molar-refractivity contribution >= 4 is 58.0 Å². The third kappa shape index (κ3) is 6.01. The normalized spacial score (nSPS) is 15.8. The van der Waals surface area contributed by atoms with Gasteiger partial charge in [0.1, 0.15) is 5.69 Å². The average molecular weight is 676 g/mol. The van der Waals surface area contributed by atoms with Crippen LogP contribution in [0.3, 0.4) is 0 Å². The van der Waals surface area contributed by atoms with Crippen LogP contribution in [0.15, 0.2) is 70.5 Å². The number of hydrogen-bond acceptors (Lipinski definition) is 9. The summed E-state index contributed by atoms with van der Waals surface area (Å²) in [4.78, 5) is 81.5. The lowest BCUT2D eigenvalue weighted by Gasteiger charge is -2.23. The number of anilines is 2. The number of azo groups is 1. The molecule has 1 aliphatic heterocycles. The minimum atomic E-state index is -0.730. The van der Waals surface area contributed by atoms with Gasteiger partial charge < -0.3 is 15.7 Å². The summed E-state index contributed by atoms with van der Waals surface area (Å²) in [6, 6.07) is 13.7. The van der Waals surface area contributed by atoms with Crippen LogP contribution in [0.5, 0.6) is 0 Å². The first-order valence-electron chi connectivity index (χ1n) is 16.9. The smallest absolute Gasteiger partial charge is 0.264 e. The number of aliphatic hydroxyl groups is 1. The van der Waals surface area contributed by atoms with Gasteiger partial charge in [0, 0.05) is 40.6 Å². The van der Waals surface area contributed by atoms with Crippen LogP contribution in [0.4, 0.5) is 17.1 Å². The van der Waals surface area contributed by atoms with Crippen LogP contribution >= 0.6 is 0 Å². The number of nitrogens with one attached hydrogen (secondary N) is 2. The predicted octanol–water partition coefficient (Wildman–Crippen LogP) is 7.65. The quantitative estimate of drug-likeness (QED) is 0.106. The van der Waals surface area contributed by atoms with Crippen LogP contribution < -0.4 is 10.6 Å². The number of imide groups is 1. The molecule has 0 atom stereocenters. The molecule has 3 aromatic carbocycles. The molecule has 0 bridgehead atoms. The molecule has 0 saturated heterocycles. The number of benzene rings is 3.